The first-order valence-electron chi connectivity index (χ1n) is 13.1. The number of urea groups is 1. The molecule has 212 valence electrons. The first-order valence-corrected chi connectivity index (χ1v) is 13.1. The van der Waals surface area contributed by atoms with Gasteiger partial charge in [-0.25, -0.2) is 9.78 Å². The Hall–Kier alpha value is -4.20. The van der Waals surface area contributed by atoms with Gasteiger partial charge in [-0.05, 0) is 24.3 Å². The van der Waals surface area contributed by atoms with E-state index in [2.05, 4.69) is 15.5 Å². The van der Waals surface area contributed by atoms with Crippen LogP contribution in [0.5, 0.6) is 11.5 Å². The van der Waals surface area contributed by atoms with Gasteiger partial charge in [-0.15, -0.1) is 0 Å². The number of rotatable bonds is 9. The molecule has 3 heterocycles. The summed E-state index contributed by atoms with van der Waals surface area (Å²) in [6.07, 6.45) is 0. The maximum atomic E-state index is 13.0. The van der Waals surface area contributed by atoms with Gasteiger partial charge in [0.15, 0.2) is 11.5 Å². The Kier molecular flexibility index (Phi) is 8.74. The molecule has 3 amide bonds. The molecule has 13 heteroatoms. The third-order valence-corrected chi connectivity index (χ3v) is 6.67. The van der Waals surface area contributed by atoms with E-state index in [4.69, 9.17) is 34.6 Å². The van der Waals surface area contributed by atoms with Crippen molar-refractivity contribution in [1.29, 1.82) is 0 Å². The Morgan fingerprint density at radius 2 is 1.73 bits per heavy atom. The summed E-state index contributed by atoms with van der Waals surface area (Å²) in [5, 5.41) is 6.16. The van der Waals surface area contributed by atoms with Crippen LogP contribution in [0, 0.1) is 0 Å². The number of anilines is 3. The quantitative estimate of drug-likeness (QED) is 0.359. The van der Waals surface area contributed by atoms with E-state index in [9.17, 15) is 9.59 Å². The summed E-state index contributed by atoms with van der Waals surface area (Å²) < 4.78 is 22.6. The summed E-state index contributed by atoms with van der Waals surface area (Å²) in [7, 11) is 1.58. The van der Waals surface area contributed by atoms with Gasteiger partial charge in [0.2, 0.25) is 11.9 Å². The molecule has 2 saturated heterocycles. The Labute approximate surface area is 231 Å². The van der Waals surface area contributed by atoms with Gasteiger partial charge in [0.1, 0.15) is 12.4 Å². The second-order valence-corrected chi connectivity index (χ2v) is 9.32. The summed E-state index contributed by atoms with van der Waals surface area (Å²) in [4.78, 5) is 38.3. The SMILES string of the molecule is COc1cc2nc(N3CCOCC3)nc(NC(=O)Nc3cccc(C(N)=O)c3)c2cc1OCCN1CCOCC1. The summed E-state index contributed by atoms with van der Waals surface area (Å²) in [6.45, 7) is 6.71. The summed E-state index contributed by atoms with van der Waals surface area (Å²) in [5.41, 5.74) is 6.65. The van der Waals surface area contributed by atoms with Crippen molar-refractivity contribution in [2.45, 2.75) is 0 Å². The Morgan fingerprint density at radius 3 is 2.45 bits per heavy atom. The number of benzene rings is 2. The number of ether oxygens (including phenoxy) is 4. The Bertz CT molecular complexity index is 1360. The van der Waals surface area contributed by atoms with Gasteiger partial charge in [-0.1, -0.05) is 6.07 Å². The third kappa shape index (κ3) is 6.68. The van der Waals surface area contributed by atoms with Crippen LogP contribution in [-0.2, 0) is 9.47 Å². The fraction of sp³-hybridized carbons (Fsp3) is 0.407. The number of carbonyl (C=O) groups is 2. The third-order valence-electron chi connectivity index (χ3n) is 6.67. The van der Waals surface area contributed by atoms with E-state index in [1.807, 2.05) is 4.90 Å². The molecule has 5 rings (SSSR count). The van der Waals surface area contributed by atoms with E-state index < -0.39 is 11.9 Å². The number of hydrogen-bond donors (Lipinski definition) is 3. The van der Waals surface area contributed by atoms with E-state index in [0.717, 1.165) is 19.6 Å². The Balaban J connectivity index is 1.42. The zero-order valence-electron chi connectivity index (χ0n) is 22.4. The monoisotopic (exact) mass is 551 g/mol. The van der Waals surface area contributed by atoms with Crippen molar-refractivity contribution in [3.63, 3.8) is 0 Å². The predicted molar refractivity (Wildman–Crippen MR) is 149 cm³/mol. The molecule has 2 fully saturated rings. The van der Waals surface area contributed by atoms with Crippen molar-refractivity contribution in [3.8, 4) is 11.5 Å². The minimum atomic E-state index is -0.587. The lowest BCUT2D eigenvalue weighted by Gasteiger charge is -2.27. The highest BCUT2D eigenvalue weighted by atomic mass is 16.5. The van der Waals surface area contributed by atoms with Crippen molar-refractivity contribution in [3.05, 3.63) is 42.0 Å². The number of amides is 3. The highest BCUT2D eigenvalue weighted by Crippen LogP contribution is 2.35. The van der Waals surface area contributed by atoms with Crippen LogP contribution in [0.4, 0.5) is 22.2 Å². The molecule has 0 spiro atoms. The smallest absolute Gasteiger partial charge is 0.324 e. The average Bonchev–Trinajstić information content (AvgIpc) is 2.98. The molecule has 0 bridgehead atoms. The minimum Gasteiger partial charge on any atom is -0.493 e. The van der Waals surface area contributed by atoms with Gasteiger partial charge in [-0.3, -0.25) is 15.0 Å². The van der Waals surface area contributed by atoms with Crippen LogP contribution in [0.3, 0.4) is 0 Å². The van der Waals surface area contributed by atoms with Crippen LogP contribution in [0.25, 0.3) is 10.9 Å². The van der Waals surface area contributed by atoms with Crippen LogP contribution < -0.4 is 30.7 Å². The summed E-state index contributed by atoms with van der Waals surface area (Å²) >= 11 is 0. The number of fused-ring (bicyclic) bond motifs is 1. The van der Waals surface area contributed by atoms with Crippen molar-refractivity contribution in [1.82, 2.24) is 14.9 Å². The topological polar surface area (TPSA) is 153 Å². The number of nitrogens with zero attached hydrogens (tertiary/aromatic N) is 4. The van der Waals surface area contributed by atoms with Crippen molar-refractivity contribution >= 4 is 40.3 Å². The highest BCUT2D eigenvalue weighted by Gasteiger charge is 2.20. The van der Waals surface area contributed by atoms with Crippen LogP contribution in [0.1, 0.15) is 10.4 Å². The first kappa shape index (κ1) is 27.4. The van der Waals surface area contributed by atoms with E-state index >= 15 is 0 Å². The molecule has 2 aliphatic rings. The second-order valence-electron chi connectivity index (χ2n) is 9.32. The molecule has 40 heavy (non-hydrogen) atoms. The number of aromatic nitrogens is 2. The molecule has 13 nitrogen and oxygen atoms in total. The molecule has 0 saturated carbocycles. The average molecular weight is 552 g/mol. The molecule has 4 N–H and O–H groups in total. The molecule has 0 aliphatic carbocycles. The number of hydrogen-bond acceptors (Lipinski definition) is 10. The number of nitrogens with two attached hydrogens (primary N) is 1. The molecule has 2 aromatic carbocycles. The zero-order chi connectivity index (χ0) is 27.9. The lowest BCUT2D eigenvalue weighted by atomic mass is 10.2. The van der Waals surface area contributed by atoms with Gasteiger partial charge in [0.05, 0.1) is 39.1 Å². The lowest BCUT2D eigenvalue weighted by Crippen LogP contribution is -2.38. The Morgan fingerprint density at radius 1 is 0.975 bits per heavy atom. The van der Waals surface area contributed by atoms with E-state index in [1.165, 1.54) is 6.07 Å². The van der Waals surface area contributed by atoms with Crippen molar-refractivity contribution in [2.24, 2.45) is 5.73 Å². The van der Waals surface area contributed by atoms with Gasteiger partial charge < -0.3 is 34.9 Å². The molecule has 0 radical (unpaired) electrons. The van der Waals surface area contributed by atoms with Gasteiger partial charge in [0.25, 0.3) is 0 Å². The molecular formula is C27H33N7O6. The van der Waals surface area contributed by atoms with Crippen molar-refractivity contribution < 1.29 is 28.5 Å². The van der Waals surface area contributed by atoms with Gasteiger partial charge in [0, 0.05) is 55.4 Å². The lowest BCUT2D eigenvalue weighted by molar-refractivity contribution is 0.0321. The maximum Gasteiger partial charge on any atom is 0.324 e. The molecule has 3 aromatic rings. The molecule has 1 aromatic heterocycles. The predicted octanol–water partition coefficient (Wildman–Crippen LogP) is 1.93. The number of methoxy groups -OCH3 is 1. The van der Waals surface area contributed by atoms with E-state index in [1.54, 1.807) is 37.4 Å². The van der Waals surface area contributed by atoms with Crippen LogP contribution in [0.15, 0.2) is 36.4 Å². The zero-order valence-corrected chi connectivity index (χ0v) is 22.4. The summed E-state index contributed by atoms with van der Waals surface area (Å²) in [6, 6.07) is 9.40. The number of morpholine rings is 2. The molecule has 0 atom stereocenters. The maximum absolute atomic E-state index is 13.0. The first-order chi connectivity index (χ1) is 19.5. The molecule has 2 aliphatic heterocycles. The van der Waals surface area contributed by atoms with E-state index in [-0.39, 0.29) is 5.56 Å². The number of nitrogens with one attached hydrogen (secondary N) is 2. The van der Waals surface area contributed by atoms with Gasteiger partial charge >= 0.3 is 6.03 Å². The van der Waals surface area contributed by atoms with Crippen LogP contribution in [-0.4, -0.2) is 99.7 Å². The highest BCUT2D eigenvalue weighted by molar-refractivity contribution is 6.05. The van der Waals surface area contributed by atoms with Crippen LogP contribution >= 0.6 is 0 Å². The number of carbonyl (C=O) groups excluding carboxylic acids is 2. The number of primary amides is 1. The largest absolute Gasteiger partial charge is 0.493 e. The minimum absolute atomic E-state index is 0.283. The molecule has 0 unspecified atom stereocenters. The molecular weight excluding hydrogens is 518 g/mol. The normalized spacial score (nSPS) is 16.0. The fourth-order valence-corrected chi connectivity index (χ4v) is 4.53. The second kappa shape index (κ2) is 12.8. The van der Waals surface area contributed by atoms with Crippen LogP contribution in [0.2, 0.25) is 0 Å². The standard InChI is InChI=1S/C27H33N7O6/c1-37-22-17-21-20(16-23(22)40-14-7-33-5-10-38-11-6-33)25(31-26(30-21)34-8-12-39-13-9-34)32-27(36)29-19-4-2-3-18(15-19)24(28)35/h2-4,15-17H,5-14H2,1H3,(H2,28,35)(H2,29,30,31,32,36). The fourth-order valence-electron chi connectivity index (χ4n) is 4.53. The summed E-state index contributed by atoms with van der Waals surface area (Å²) in [5.74, 6) is 1.22. The van der Waals surface area contributed by atoms with E-state index in [0.29, 0.717) is 86.0 Å². The van der Waals surface area contributed by atoms with Crippen molar-refractivity contribution in [2.75, 3.05) is 88.4 Å². The van der Waals surface area contributed by atoms with Gasteiger partial charge in [-0.2, -0.15) is 4.98 Å².